The number of carbonyl (C=O) groups is 1. The number of anilines is 1. The number of aryl methyl sites for hydroxylation is 1. The van der Waals surface area contributed by atoms with E-state index in [0.29, 0.717) is 6.07 Å². The Morgan fingerprint density at radius 2 is 1.79 bits per heavy atom. The molecule has 174 valence electrons. The lowest BCUT2D eigenvalue weighted by atomic mass is 10.1. The van der Waals surface area contributed by atoms with Gasteiger partial charge in [0.15, 0.2) is 0 Å². The minimum absolute atomic E-state index is 0.0564. The zero-order chi connectivity index (χ0) is 24.3. The van der Waals surface area contributed by atoms with Gasteiger partial charge in [0.05, 0.1) is 11.3 Å². The molecule has 1 heterocycles. The lowest BCUT2D eigenvalue weighted by Gasteiger charge is -2.16. The smallest absolute Gasteiger partial charge is 0.396 e. The van der Waals surface area contributed by atoms with Crippen LogP contribution in [0.25, 0.3) is 11.4 Å². The van der Waals surface area contributed by atoms with Crippen molar-refractivity contribution in [1.82, 2.24) is 9.55 Å². The zero-order valence-corrected chi connectivity index (χ0v) is 17.2. The van der Waals surface area contributed by atoms with Crippen LogP contribution in [0.2, 0.25) is 0 Å². The van der Waals surface area contributed by atoms with Crippen LogP contribution in [-0.2, 0) is 23.9 Å². The van der Waals surface area contributed by atoms with Crippen LogP contribution in [0.15, 0.2) is 47.3 Å². The van der Waals surface area contributed by atoms with Crippen molar-refractivity contribution in [3.63, 3.8) is 0 Å². The molecule has 0 fully saturated rings. The first-order valence-corrected chi connectivity index (χ1v) is 9.65. The Bertz CT molecular complexity index is 1240. The number of hydrogen-bond acceptors (Lipinski definition) is 4. The van der Waals surface area contributed by atoms with Gasteiger partial charge in [-0.2, -0.15) is 13.2 Å². The highest BCUT2D eigenvalue weighted by Gasteiger charge is 2.30. The first-order chi connectivity index (χ1) is 15.5. The Kier molecular flexibility index (Phi) is 6.92. The van der Waals surface area contributed by atoms with E-state index < -0.39 is 41.4 Å². The van der Waals surface area contributed by atoms with Crippen LogP contribution >= 0.6 is 0 Å². The van der Waals surface area contributed by atoms with Crippen molar-refractivity contribution >= 4 is 11.6 Å². The fourth-order valence-electron chi connectivity index (χ4n) is 3.20. The van der Waals surface area contributed by atoms with E-state index in [4.69, 9.17) is 0 Å². The van der Waals surface area contributed by atoms with Gasteiger partial charge < -0.3 is 10.4 Å². The predicted octanol–water partition coefficient (Wildman–Crippen LogP) is 3.69. The highest BCUT2D eigenvalue weighted by molar-refractivity contribution is 5.91. The van der Waals surface area contributed by atoms with E-state index in [0.717, 1.165) is 41.0 Å². The van der Waals surface area contributed by atoms with Crippen molar-refractivity contribution in [2.45, 2.75) is 26.1 Å². The number of nitrogens with one attached hydrogen (secondary N) is 1. The molecule has 1 aromatic heterocycles. The number of carbonyl (C=O) groups excluding carboxylic acids is 1. The van der Waals surface area contributed by atoms with Gasteiger partial charge in [-0.25, -0.2) is 13.8 Å². The summed E-state index contributed by atoms with van der Waals surface area (Å²) in [5.41, 5.74) is -1.40. The molecule has 3 rings (SSSR count). The minimum Gasteiger partial charge on any atom is -0.396 e. The molecule has 3 aromatic rings. The molecule has 0 unspecified atom stereocenters. The lowest BCUT2D eigenvalue weighted by Crippen LogP contribution is -2.33. The van der Waals surface area contributed by atoms with Crippen molar-refractivity contribution in [3.05, 3.63) is 81.3 Å². The Hall–Kier alpha value is -3.60. The molecule has 0 aliphatic heterocycles. The second kappa shape index (κ2) is 9.49. The largest absolute Gasteiger partial charge is 0.416 e. The van der Waals surface area contributed by atoms with Gasteiger partial charge in [0.25, 0.3) is 5.56 Å². The van der Waals surface area contributed by atoms with Crippen molar-refractivity contribution in [3.8, 4) is 11.4 Å². The first-order valence-electron chi connectivity index (χ1n) is 9.65. The fraction of sp³-hybridized carbons (Fsp3) is 0.227. The van der Waals surface area contributed by atoms with E-state index in [1.165, 1.54) is 6.92 Å². The summed E-state index contributed by atoms with van der Waals surface area (Å²) in [6.45, 7) is 0.473. The molecule has 0 aliphatic carbocycles. The maximum Gasteiger partial charge on any atom is 0.416 e. The molecule has 0 saturated carbocycles. The number of aliphatic hydroxyl groups excluding tert-OH is 1. The van der Waals surface area contributed by atoms with E-state index in [-0.39, 0.29) is 41.4 Å². The molecule has 0 atom stereocenters. The van der Waals surface area contributed by atoms with Gasteiger partial charge in [0.2, 0.25) is 5.91 Å². The Labute approximate surface area is 184 Å². The molecule has 2 N–H and O–H groups in total. The number of nitrogens with zero attached hydrogens (tertiary/aromatic N) is 2. The third-order valence-corrected chi connectivity index (χ3v) is 4.81. The molecule has 0 spiro atoms. The number of amides is 1. The maximum atomic E-state index is 13.9. The van der Waals surface area contributed by atoms with Crippen LogP contribution in [0, 0.1) is 18.6 Å². The van der Waals surface area contributed by atoms with Crippen LogP contribution in [0.1, 0.15) is 16.8 Å². The van der Waals surface area contributed by atoms with Crippen molar-refractivity contribution < 1.29 is 31.9 Å². The predicted molar refractivity (Wildman–Crippen MR) is 109 cm³/mol. The van der Waals surface area contributed by atoms with E-state index in [1.54, 1.807) is 0 Å². The highest BCUT2D eigenvalue weighted by atomic mass is 19.4. The molecule has 2 aromatic carbocycles. The molecule has 6 nitrogen and oxygen atoms in total. The molecule has 1 amide bonds. The average Bonchev–Trinajstić information content (AvgIpc) is 2.74. The van der Waals surface area contributed by atoms with Gasteiger partial charge in [-0.05, 0) is 31.2 Å². The van der Waals surface area contributed by atoms with E-state index in [1.807, 2.05) is 0 Å². The molecule has 11 heteroatoms. The number of rotatable bonds is 6. The highest BCUT2D eigenvalue weighted by Crippen LogP contribution is 2.30. The van der Waals surface area contributed by atoms with Gasteiger partial charge in [-0.1, -0.05) is 12.1 Å². The number of benzene rings is 2. The second-order valence-electron chi connectivity index (χ2n) is 7.11. The number of aliphatic hydroxyl groups is 1. The summed E-state index contributed by atoms with van der Waals surface area (Å²) in [4.78, 5) is 29.8. The summed E-state index contributed by atoms with van der Waals surface area (Å²) in [5, 5.41) is 11.5. The minimum atomic E-state index is -4.56. The monoisotopic (exact) mass is 467 g/mol. The number of halogens is 5. The molecule has 0 radical (unpaired) electrons. The third kappa shape index (κ3) is 5.43. The van der Waals surface area contributed by atoms with Crippen LogP contribution in [-0.4, -0.2) is 27.2 Å². The first kappa shape index (κ1) is 24.1. The molecule has 33 heavy (non-hydrogen) atoms. The quantitative estimate of drug-likeness (QED) is 0.542. The third-order valence-electron chi connectivity index (χ3n) is 4.81. The number of aromatic nitrogens is 2. The summed E-state index contributed by atoms with van der Waals surface area (Å²) < 4.78 is 66.6. The SMILES string of the molecule is Cc1nc(-c2ccc(C(F)(F)F)cc2)n(CC(=O)Nc2ccc(F)cc2F)c(=O)c1CCO. The van der Waals surface area contributed by atoms with Crippen molar-refractivity contribution in [2.75, 3.05) is 11.9 Å². The Balaban J connectivity index is 2.03. The summed E-state index contributed by atoms with van der Waals surface area (Å²) in [5.74, 6) is -2.80. The summed E-state index contributed by atoms with van der Waals surface area (Å²) in [6, 6.07) is 6.38. The van der Waals surface area contributed by atoms with E-state index in [2.05, 4.69) is 10.3 Å². The van der Waals surface area contributed by atoms with Crippen LogP contribution in [0.5, 0.6) is 0 Å². The van der Waals surface area contributed by atoms with Crippen LogP contribution < -0.4 is 10.9 Å². The fourth-order valence-corrected chi connectivity index (χ4v) is 3.20. The van der Waals surface area contributed by atoms with Gasteiger partial charge in [0.1, 0.15) is 24.0 Å². The molecular formula is C22H18F5N3O3. The Morgan fingerprint density at radius 1 is 1.12 bits per heavy atom. The van der Waals surface area contributed by atoms with Gasteiger partial charge in [-0.3, -0.25) is 14.2 Å². The average molecular weight is 467 g/mol. The van der Waals surface area contributed by atoms with E-state index >= 15 is 0 Å². The molecule has 0 aliphatic rings. The topological polar surface area (TPSA) is 84.2 Å². The van der Waals surface area contributed by atoms with Gasteiger partial charge in [0, 0.05) is 35.9 Å². The summed E-state index contributed by atoms with van der Waals surface area (Å²) in [7, 11) is 0. The molecular weight excluding hydrogens is 449 g/mol. The normalized spacial score (nSPS) is 11.5. The molecule has 0 bridgehead atoms. The van der Waals surface area contributed by atoms with Gasteiger partial charge >= 0.3 is 6.18 Å². The van der Waals surface area contributed by atoms with Crippen molar-refractivity contribution in [1.29, 1.82) is 0 Å². The second-order valence-corrected chi connectivity index (χ2v) is 7.11. The summed E-state index contributed by atoms with van der Waals surface area (Å²) in [6.07, 6.45) is -4.62. The Morgan fingerprint density at radius 3 is 2.36 bits per heavy atom. The molecule has 0 saturated heterocycles. The van der Waals surface area contributed by atoms with E-state index in [9.17, 15) is 36.6 Å². The van der Waals surface area contributed by atoms with Crippen LogP contribution in [0.3, 0.4) is 0 Å². The summed E-state index contributed by atoms with van der Waals surface area (Å²) >= 11 is 0. The maximum absolute atomic E-state index is 13.9. The lowest BCUT2D eigenvalue weighted by molar-refractivity contribution is -0.137. The van der Waals surface area contributed by atoms with Crippen molar-refractivity contribution in [2.24, 2.45) is 0 Å². The standard InChI is InChI=1S/C22H18F5N3O3/c1-12-16(8-9-31)21(33)30(11-19(32)29-18-7-6-15(23)10-17(18)24)20(28-12)13-2-4-14(5-3-13)22(25,26)27/h2-7,10,31H,8-9,11H2,1H3,(H,29,32). The number of alkyl halides is 3. The zero-order valence-electron chi connectivity index (χ0n) is 17.2. The van der Waals surface area contributed by atoms with Gasteiger partial charge in [-0.15, -0.1) is 0 Å². The number of hydrogen-bond donors (Lipinski definition) is 2. The van der Waals surface area contributed by atoms with Crippen LogP contribution in [0.4, 0.5) is 27.6 Å².